The number of anilines is 1. The molecule has 0 amide bonds. The standard InChI is InChI=1S/C9H14N4O2/c1-5-6(2)10-11-8(12-13(3)4)7(5)9(14)15/h1-4H3,(H,11,12)(H,14,15). The van der Waals surface area contributed by atoms with Gasteiger partial charge in [-0.3, -0.25) is 0 Å². The molecule has 6 nitrogen and oxygen atoms in total. The predicted molar refractivity (Wildman–Crippen MR) is 55.8 cm³/mol. The first-order chi connectivity index (χ1) is 6.93. The first-order valence-electron chi connectivity index (χ1n) is 4.44. The lowest BCUT2D eigenvalue weighted by Gasteiger charge is -2.15. The third kappa shape index (κ3) is 2.41. The van der Waals surface area contributed by atoms with Crippen LogP contribution in [0.15, 0.2) is 0 Å². The summed E-state index contributed by atoms with van der Waals surface area (Å²) in [5.41, 5.74) is 4.21. The summed E-state index contributed by atoms with van der Waals surface area (Å²) < 4.78 is 0. The van der Waals surface area contributed by atoms with Crippen LogP contribution >= 0.6 is 0 Å². The maximum atomic E-state index is 11.1. The highest BCUT2D eigenvalue weighted by Gasteiger charge is 2.17. The number of hydrazine groups is 1. The van der Waals surface area contributed by atoms with E-state index in [1.807, 2.05) is 0 Å². The van der Waals surface area contributed by atoms with Crippen LogP contribution in [0.1, 0.15) is 21.6 Å². The number of rotatable bonds is 3. The first kappa shape index (κ1) is 11.4. The van der Waals surface area contributed by atoms with Crippen LogP contribution in [0.3, 0.4) is 0 Å². The van der Waals surface area contributed by atoms with Crippen LogP contribution in [0.5, 0.6) is 0 Å². The molecule has 0 fully saturated rings. The number of carboxylic acid groups (broad SMARTS) is 1. The molecule has 0 atom stereocenters. The van der Waals surface area contributed by atoms with Crippen molar-refractivity contribution in [3.05, 3.63) is 16.8 Å². The molecule has 0 radical (unpaired) electrons. The van der Waals surface area contributed by atoms with Gasteiger partial charge in [0.25, 0.3) is 0 Å². The molecule has 2 N–H and O–H groups in total. The topological polar surface area (TPSA) is 78.4 Å². The third-order valence-electron chi connectivity index (χ3n) is 2.00. The van der Waals surface area contributed by atoms with E-state index in [9.17, 15) is 4.79 Å². The predicted octanol–water partition coefficient (Wildman–Crippen LogP) is 0.680. The summed E-state index contributed by atoms with van der Waals surface area (Å²) in [4.78, 5) is 11.1. The molecule has 0 spiro atoms. The fraction of sp³-hybridized carbons (Fsp3) is 0.444. The van der Waals surface area contributed by atoms with Gasteiger partial charge in [-0.05, 0) is 19.4 Å². The van der Waals surface area contributed by atoms with Crippen LogP contribution in [0.2, 0.25) is 0 Å². The molecule has 1 aromatic rings. The van der Waals surface area contributed by atoms with Crippen molar-refractivity contribution in [3.8, 4) is 0 Å². The monoisotopic (exact) mass is 210 g/mol. The molecule has 15 heavy (non-hydrogen) atoms. The van der Waals surface area contributed by atoms with Gasteiger partial charge in [-0.2, -0.15) is 5.10 Å². The number of hydrogen-bond donors (Lipinski definition) is 2. The van der Waals surface area contributed by atoms with Crippen molar-refractivity contribution in [3.63, 3.8) is 0 Å². The van der Waals surface area contributed by atoms with Gasteiger partial charge in [0.2, 0.25) is 0 Å². The van der Waals surface area contributed by atoms with Crippen molar-refractivity contribution < 1.29 is 9.90 Å². The van der Waals surface area contributed by atoms with Gasteiger partial charge in [0, 0.05) is 14.1 Å². The second-order valence-electron chi connectivity index (χ2n) is 3.45. The number of aromatic carboxylic acids is 1. The average Bonchev–Trinajstić information content (AvgIpc) is 2.10. The number of nitrogens with one attached hydrogen (secondary N) is 1. The molecule has 0 aromatic carbocycles. The van der Waals surface area contributed by atoms with Gasteiger partial charge in [-0.25, -0.2) is 9.80 Å². The molecule has 0 aliphatic rings. The highest BCUT2D eigenvalue weighted by molar-refractivity contribution is 5.94. The molecule has 0 unspecified atom stereocenters. The summed E-state index contributed by atoms with van der Waals surface area (Å²) in [5, 5.41) is 18.4. The van der Waals surface area contributed by atoms with Crippen LogP contribution in [0.4, 0.5) is 5.82 Å². The lowest BCUT2D eigenvalue weighted by Crippen LogP contribution is -2.23. The first-order valence-corrected chi connectivity index (χ1v) is 4.44. The normalized spacial score (nSPS) is 10.5. The van der Waals surface area contributed by atoms with Crippen molar-refractivity contribution in [2.75, 3.05) is 19.5 Å². The van der Waals surface area contributed by atoms with E-state index in [0.717, 1.165) is 0 Å². The van der Waals surface area contributed by atoms with Crippen LogP contribution in [0.25, 0.3) is 0 Å². The second-order valence-corrected chi connectivity index (χ2v) is 3.45. The molecule has 0 aliphatic heterocycles. The van der Waals surface area contributed by atoms with E-state index in [4.69, 9.17) is 5.11 Å². The molecule has 1 heterocycles. The highest BCUT2D eigenvalue weighted by Crippen LogP contribution is 2.18. The Bertz CT molecular complexity index is 390. The SMILES string of the molecule is Cc1nnc(NN(C)C)c(C(=O)O)c1C. The van der Waals surface area contributed by atoms with Crippen LogP contribution in [-0.4, -0.2) is 40.4 Å². The Morgan fingerprint density at radius 3 is 2.40 bits per heavy atom. The van der Waals surface area contributed by atoms with E-state index >= 15 is 0 Å². The molecule has 1 rings (SSSR count). The lowest BCUT2D eigenvalue weighted by atomic mass is 10.1. The number of carboxylic acids is 1. The number of carbonyl (C=O) groups is 1. The minimum atomic E-state index is -1.00. The summed E-state index contributed by atoms with van der Waals surface area (Å²) >= 11 is 0. The van der Waals surface area contributed by atoms with E-state index in [1.54, 1.807) is 33.0 Å². The molecule has 0 saturated carbocycles. The molecule has 82 valence electrons. The van der Waals surface area contributed by atoms with Gasteiger partial charge in [0.05, 0.1) is 5.69 Å². The Balaban J connectivity index is 3.27. The number of hydrogen-bond acceptors (Lipinski definition) is 5. The highest BCUT2D eigenvalue weighted by atomic mass is 16.4. The Hall–Kier alpha value is -1.69. The zero-order valence-electron chi connectivity index (χ0n) is 9.20. The fourth-order valence-electron chi connectivity index (χ4n) is 1.16. The number of aromatic nitrogens is 2. The largest absolute Gasteiger partial charge is 0.478 e. The Kier molecular flexibility index (Phi) is 3.21. The van der Waals surface area contributed by atoms with Gasteiger partial charge in [0.1, 0.15) is 5.56 Å². The van der Waals surface area contributed by atoms with Crippen LogP contribution in [0, 0.1) is 13.8 Å². The van der Waals surface area contributed by atoms with Gasteiger partial charge in [0.15, 0.2) is 5.82 Å². The second kappa shape index (κ2) is 4.22. The van der Waals surface area contributed by atoms with E-state index in [-0.39, 0.29) is 11.4 Å². The summed E-state index contributed by atoms with van der Waals surface area (Å²) in [6.07, 6.45) is 0. The van der Waals surface area contributed by atoms with Crippen molar-refractivity contribution in [1.82, 2.24) is 15.2 Å². The Labute approximate surface area is 87.9 Å². The van der Waals surface area contributed by atoms with Crippen molar-refractivity contribution >= 4 is 11.8 Å². The van der Waals surface area contributed by atoms with Gasteiger partial charge >= 0.3 is 5.97 Å². The van der Waals surface area contributed by atoms with Crippen molar-refractivity contribution in [2.24, 2.45) is 0 Å². The van der Waals surface area contributed by atoms with E-state index < -0.39 is 5.97 Å². The Morgan fingerprint density at radius 2 is 1.93 bits per heavy atom. The summed E-state index contributed by atoms with van der Waals surface area (Å²) in [7, 11) is 3.50. The molecule has 0 saturated heterocycles. The zero-order valence-corrected chi connectivity index (χ0v) is 9.20. The molecular weight excluding hydrogens is 196 g/mol. The lowest BCUT2D eigenvalue weighted by molar-refractivity contribution is 0.0696. The smallest absolute Gasteiger partial charge is 0.339 e. The van der Waals surface area contributed by atoms with Crippen LogP contribution in [-0.2, 0) is 0 Å². The summed E-state index contributed by atoms with van der Waals surface area (Å²) in [6, 6.07) is 0. The maximum absolute atomic E-state index is 11.1. The fourth-order valence-corrected chi connectivity index (χ4v) is 1.16. The molecule has 1 aromatic heterocycles. The molecular formula is C9H14N4O2. The van der Waals surface area contributed by atoms with Crippen molar-refractivity contribution in [2.45, 2.75) is 13.8 Å². The number of aryl methyl sites for hydroxylation is 1. The third-order valence-corrected chi connectivity index (χ3v) is 2.00. The maximum Gasteiger partial charge on any atom is 0.339 e. The summed E-state index contributed by atoms with van der Waals surface area (Å²) in [6.45, 7) is 3.45. The average molecular weight is 210 g/mol. The number of nitrogens with zero attached hydrogens (tertiary/aromatic N) is 3. The van der Waals surface area contributed by atoms with E-state index in [1.165, 1.54) is 0 Å². The molecule has 0 bridgehead atoms. The van der Waals surface area contributed by atoms with Crippen LogP contribution < -0.4 is 5.43 Å². The van der Waals surface area contributed by atoms with Gasteiger partial charge < -0.3 is 10.5 Å². The minimum absolute atomic E-state index is 0.163. The van der Waals surface area contributed by atoms with E-state index in [0.29, 0.717) is 11.3 Å². The van der Waals surface area contributed by atoms with Gasteiger partial charge in [-0.1, -0.05) is 0 Å². The zero-order chi connectivity index (χ0) is 11.6. The van der Waals surface area contributed by atoms with E-state index in [2.05, 4.69) is 15.6 Å². The Morgan fingerprint density at radius 1 is 1.33 bits per heavy atom. The minimum Gasteiger partial charge on any atom is -0.478 e. The van der Waals surface area contributed by atoms with Crippen molar-refractivity contribution in [1.29, 1.82) is 0 Å². The van der Waals surface area contributed by atoms with Gasteiger partial charge in [-0.15, -0.1) is 5.10 Å². The quantitative estimate of drug-likeness (QED) is 0.714. The summed E-state index contributed by atoms with van der Waals surface area (Å²) in [5.74, 6) is -0.745. The molecule has 6 heteroatoms. The molecule has 0 aliphatic carbocycles.